The number of fused-ring (bicyclic) bond motifs is 1. The number of hydrogen-bond acceptors (Lipinski definition) is 7. The van der Waals surface area contributed by atoms with E-state index in [9.17, 15) is 18.0 Å². The van der Waals surface area contributed by atoms with Crippen molar-refractivity contribution in [2.45, 2.75) is 11.8 Å². The quantitative estimate of drug-likeness (QED) is 0.197. The van der Waals surface area contributed by atoms with E-state index >= 15 is 0 Å². The van der Waals surface area contributed by atoms with Gasteiger partial charge in [-0.05, 0) is 65.9 Å². The summed E-state index contributed by atoms with van der Waals surface area (Å²) in [6, 6.07) is 26.1. The molecule has 0 bridgehead atoms. The van der Waals surface area contributed by atoms with Crippen molar-refractivity contribution in [1.82, 2.24) is 4.90 Å². The minimum atomic E-state index is -4.14. The smallest absolute Gasteiger partial charge is 0.339 e. The van der Waals surface area contributed by atoms with Crippen molar-refractivity contribution in [1.29, 1.82) is 0 Å². The van der Waals surface area contributed by atoms with E-state index in [1.54, 1.807) is 36.4 Å². The lowest BCUT2D eigenvalue weighted by atomic mass is 10.0. The Morgan fingerprint density at radius 1 is 0.868 bits per heavy atom. The van der Waals surface area contributed by atoms with Crippen LogP contribution in [0.1, 0.15) is 11.1 Å². The van der Waals surface area contributed by atoms with Gasteiger partial charge in [0.2, 0.25) is 0 Å². The molecule has 0 radical (unpaired) electrons. The number of ether oxygens (including phenoxy) is 1. The summed E-state index contributed by atoms with van der Waals surface area (Å²) in [6.07, 6.45) is 1.52. The molecule has 5 rings (SSSR count). The van der Waals surface area contributed by atoms with Crippen molar-refractivity contribution >= 4 is 49.9 Å². The van der Waals surface area contributed by atoms with E-state index in [0.717, 1.165) is 27.6 Å². The van der Waals surface area contributed by atoms with Crippen LogP contribution in [0.5, 0.6) is 11.5 Å². The Morgan fingerprint density at radius 3 is 2.34 bits per heavy atom. The summed E-state index contributed by atoms with van der Waals surface area (Å²) in [4.78, 5) is 27.1. The number of aryl methyl sites for hydroxylation is 1. The Labute approximate surface area is 224 Å². The van der Waals surface area contributed by atoms with E-state index in [4.69, 9.17) is 8.92 Å². The molecule has 1 heterocycles. The maximum absolute atomic E-state index is 13.2. The Kier molecular flexibility index (Phi) is 7.22. The number of para-hydroxylation sites is 1. The van der Waals surface area contributed by atoms with Gasteiger partial charge in [-0.3, -0.25) is 14.5 Å². The SMILES string of the molecule is Cc1ccc(S(=O)(=O)Oc2ccc3ccccc3c2/C=C2\SC(=O)N(CCOc3ccccc3)C2=O)cc1. The molecule has 1 fully saturated rings. The number of imide groups is 1. The van der Waals surface area contributed by atoms with Crippen LogP contribution in [-0.4, -0.2) is 37.6 Å². The molecule has 0 atom stereocenters. The molecule has 1 aliphatic rings. The monoisotopic (exact) mass is 545 g/mol. The van der Waals surface area contributed by atoms with Crippen molar-refractivity contribution in [2.24, 2.45) is 0 Å². The third kappa shape index (κ3) is 5.44. The number of rotatable bonds is 8. The van der Waals surface area contributed by atoms with Crippen molar-refractivity contribution < 1.29 is 26.9 Å². The van der Waals surface area contributed by atoms with E-state index in [0.29, 0.717) is 16.7 Å². The van der Waals surface area contributed by atoms with E-state index in [1.165, 1.54) is 18.2 Å². The largest absolute Gasteiger partial charge is 0.492 e. The third-order valence-corrected chi connectivity index (χ3v) is 8.07. The van der Waals surface area contributed by atoms with Gasteiger partial charge < -0.3 is 8.92 Å². The fraction of sp³-hybridized carbons (Fsp3) is 0.103. The van der Waals surface area contributed by atoms with Crippen LogP contribution < -0.4 is 8.92 Å². The van der Waals surface area contributed by atoms with E-state index in [-0.39, 0.29) is 28.7 Å². The lowest BCUT2D eigenvalue weighted by Gasteiger charge is -2.14. The molecule has 0 N–H and O–H groups in total. The average Bonchev–Trinajstić information content (AvgIpc) is 3.18. The van der Waals surface area contributed by atoms with Crippen molar-refractivity contribution in [3.63, 3.8) is 0 Å². The highest BCUT2D eigenvalue weighted by atomic mass is 32.2. The maximum atomic E-state index is 13.2. The van der Waals surface area contributed by atoms with Crippen molar-refractivity contribution in [3.05, 3.63) is 107 Å². The standard InChI is InChI=1S/C29H23NO6S2/c1-20-11-14-23(15-12-20)38(33,34)36-26-16-13-21-7-5-6-10-24(21)25(26)19-27-28(31)30(29(32)37-27)17-18-35-22-8-3-2-4-9-22/h2-16,19H,17-18H2,1H3/b27-19-. The predicted octanol–water partition coefficient (Wildman–Crippen LogP) is 6.03. The van der Waals surface area contributed by atoms with Crippen LogP contribution >= 0.6 is 11.8 Å². The molecule has 0 spiro atoms. The summed E-state index contributed by atoms with van der Waals surface area (Å²) >= 11 is 0.794. The topological polar surface area (TPSA) is 90.0 Å². The zero-order valence-electron chi connectivity index (χ0n) is 20.4. The highest BCUT2D eigenvalue weighted by molar-refractivity contribution is 8.18. The number of carbonyl (C=O) groups is 2. The van der Waals surface area contributed by atoms with Gasteiger partial charge in [-0.15, -0.1) is 0 Å². The molecule has 9 heteroatoms. The number of benzene rings is 4. The van der Waals surface area contributed by atoms with Crippen LogP contribution in [0.25, 0.3) is 16.8 Å². The number of nitrogens with zero attached hydrogens (tertiary/aromatic N) is 1. The Balaban J connectivity index is 1.45. The molecule has 0 aromatic heterocycles. The minimum Gasteiger partial charge on any atom is -0.492 e. The Morgan fingerprint density at radius 2 is 1.58 bits per heavy atom. The second-order valence-corrected chi connectivity index (χ2v) is 11.1. The lowest BCUT2D eigenvalue weighted by molar-refractivity contribution is -0.123. The minimum absolute atomic E-state index is 0.0148. The van der Waals surface area contributed by atoms with Gasteiger partial charge in [-0.25, -0.2) is 0 Å². The van der Waals surface area contributed by atoms with Gasteiger partial charge >= 0.3 is 10.1 Å². The van der Waals surface area contributed by atoms with E-state index in [2.05, 4.69) is 0 Å². The van der Waals surface area contributed by atoms with Crippen LogP contribution in [0.2, 0.25) is 0 Å². The maximum Gasteiger partial charge on any atom is 0.339 e. The Bertz CT molecular complexity index is 1650. The summed E-state index contributed by atoms with van der Waals surface area (Å²) < 4.78 is 37.3. The molecular formula is C29H23NO6S2. The molecule has 4 aromatic rings. The Hall–Kier alpha value is -4.08. The van der Waals surface area contributed by atoms with E-state index < -0.39 is 21.3 Å². The van der Waals surface area contributed by atoms with Crippen LogP contribution in [0.15, 0.2) is 101 Å². The zero-order chi connectivity index (χ0) is 26.7. The second kappa shape index (κ2) is 10.7. The van der Waals surface area contributed by atoms with Gasteiger partial charge in [0.05, 0.1) is 11.4 Å². The van der Waals surface area contributed by atoms with E-state index in [1.807, 2.05) is 49.4 Å². The van der Waals surface area contributed by atoms with Crippen LogP contribution in [-0.2, 0) is 14.9 Å². The molecule has 0 aliphatic carbocycles. The average molecular weight is 546 g/mol. The zero-order valence-corrected chi connectivity index (χ0v) is 22.0. The fourth-order valence-corrected chi connectivity index (χ4v) is 5.76. The highest BCUT2D eigenvalue weighted by Crippen LogP contribution is 2.37. The second-order valence-electron chi connectivity index (χ2n) is 8.54. The highest BCUT2D eigenvalue weighted by Gasteiger charge is 2.35. The molecule has 38 heavy (non-hydrogen) atoms. The summed E-state index contributed by atoms with van der Waals surface area (Å²) in [5.41, 5.74) is 1.31. The summed E-state index contributed by atoms with van der Waals surface area (Å²) in [6.45, 7) is 2.09. The summed E-state index contributed by atoms with van der Waals surface area (Å²) in [7, 11) is -4.14. The molecule has 2 amide bonds. The van der Waals surface area contributed by atoms with Crippen LogP contribution in [0.3, 0.4) is 0 Å². The third-order valence-electron chi connectivity index (χ3n) is 5.92. The molecule has 1 saturated heterocycles. The van der Waals surface area contributed by atoms with Gasteiger partial charge in [0, 0.05) is 5.56 Å². The number of amides is 2. The molecule has 7 nitrogen and oxygen atoms in total. The molecular weight excluding hydrogens is 522 g/mol. The lowest BCUT2D eigenvalue weighted by Crippen LogP contribution is -2.32. The summed E-state index contributed by atoms with van der Waals surface area (Å²) in [5, 5.41) is 1.09. The van der Waals surface area contributed by atoms with Gasteiger partial charge in [-0.1, -0.05) is 66.2 Å². The molecule has 4 aromatic carbocycles. The predicted molar refractivity (Wildman–Crippen MR) is 148 cm³/mol. The molecule has 0 unspecified atom stereocenters. The van der Waals surface area contributed by atoms with Gasteiger partial charge in [-0.2, -0.15) is 8.42 Å². The van der Waals surface area contributed by atoms with Crippen molar-refractivity contribution in [2.75, 3.05) is 13.2 Å². The fourth-order valence-electron chi connectivity index (χ4n) is 3.96. The molecule has 0 saturated carbocycles. The van der Waals surface area contributed by atoms with Gasteiger partial charge in [0.15, 0.2) is 5.75 Å². The van der Waals surface area contributed by atoms with Crippen LogP contribution in [0.4, 0.5) is 4.79 Å². The van der Waals surface area contributed by atoms with Gasteiger partial charge in [0.25, 0.3) is 11.1 Å². The first-order valence-corrected chi connectivity index (χ1v) is 14.0. The first-order chi connectivity index (χ1) is 18.3. The first-order valence-electron chi connectivity index (χ1n) is 11.8. The first kappa shape index (κ1) is 25.6. The number of carbonyl (C=O) groups excluding carboxylic acids is 2. The van der Waals surface area contributed by atoms with Crippen molar-refractivity contribution in [3.8, 4) is 11.5 Å². The van der Waals surface area contributed by atoms with Crippen LogP contribution in [0, 0.1) is 6.92 Å². The normalized spacial score (nSPS) is 14.9. The summed E-state index contributed by atoms with van der Waals surface area (Å²) in [5.74, 6) is 0.225. The van der Waals surface area contributed by atoms with Gasteiger partial charge in [0.1, 0.15) is 17.3 Å². The number of hydrogen-bond donors (Lipinski definition) is 0. The molecule has 192 valence electrons. The number of thioether (sulfide) groups is 1. The molecule has 1 aliphatic heterocycles.